The number of aromatic nitrogens is 2. The van der Waals surface area contributed by atoms with Gasteiger partial charge in [0.25, 0.3) is 5.91 Å². The van der Waals surface area contributed by atoms with Crippen molar-refractivity contribution in [2.45, 2.75) is 38.6 Å². The topological polar surface area (TPSA) is 84.9 Å². The normalized spacial score (nSPS) is 20.7. The maximum absolute atomic E-state index is 12.9. The lowest BCUT2D eigenvalue weighted by Gasteiger charge is -2.35. The van der Waals surface area contributed by atoms with E-state index in [1.807, 2.05) is 4.90 Å². The fourth-order valence-electron chi connectivity index (χ4n) is 3.42. The number of piperidine rings is 1. The molecule has 1 aromatic heterocycles. The van der Waals surface area contributed by atoms with Crippen LogP contribution in [0.25, 0.3) is 0 Å². The molecule has 2 fully saturated rings. The second-order valence-corrected chi connectivity index (χ2v) is 6.53. The zero-order valence-corrected chi connectivity index (χ0v) is 15.2. The van der Waals surface area contributed by atoms with Gasteiger partial charge in [-0.05, 0) is 26.2 Å². The number of hydrogen-bond donors (Lipinski definition) is 0. The van der Waals surface area contributed by atoms with E-state index in [1.165, 1.54) is 0 Å². The number of hydrogen-bond acceptors (Lipinski definition) is 7. The van der Waals surface area contributed by atoms with E-state index in [2.05, 4.69) is 9.97 Å². The van der Waals surface area contributed by atoms with Crippen molar-refractivity contribution >= 4 is 17.8 Å². The van der Waals surface area contributed by atoms with Gasteiger partial charge in [0.05, 0.1) is 31.8 Å². The molecule has 8 heteroatoms. The van der Waals surface area contributed by atoms with Crippen molar-refractivity contribution in [2.75, 3.05) is 44.4 Å². The molecule has 1 atom stereocenters. The molecule has 0 saturated carbocycles. The van der Waals surface area contributed by atoms with E-state index in [0.29, 0.717) is 37.9 Å². The first kappa shape index (κ1) is 18.6. The number of esters is 1. The Balaban J connectivity index is 1.66. The predicted octanol–water partition coefficient (Wildman–Crippen LogP) is 1.26. The lowest BCUT2D eigenvalue weighted by molar-refractivity contribution is -0.144. The van der Waals surface area contributed by atoms with Crippen LogP contribution in [0.4, 0.5) is 5.95 Å². The number of ether oxygens (including phenoxy) is 2. The van der Waals surface area contributed by atoms with Crippen LogP contribution in [-0.2, 0) is 14.3 Å². The van der Waals surface area contributed by atoms with Crippen molar-refractivity contribution < 1.29 is 19.1 Å². The van der Waals surface area contributed by atoms with Crippen LogP contribution in [0.3, 0.4) is 0 Å². The van der Waals surface area contributed by atoms with Crippen molar-refractivity contribution in [3.05, 3.63) is 18.0 Å². The highest BCUT2D eigenvalue weighted by molar-refractivity contribution is 5.94. The smallest absolute Gasteiger partial charge is 0.307 e. The Bertz CT molecular complexity index is 616. The zero-order chi connectivity index (χ0) is 18.4. The van der Waals surface area contributed by atoms with E-state index in [0.717, 1.165) is 32.4 Å². The number of nitrogens with zero attached hydrogens (tertiary/aromatic N) is 4. The minimum Gasteiger partial charge on any atom is -0.466 e. The third-order valence-electron chi connectivity index (χ3n) is 4.77. The number of morpholine rings is 1. The maximum Gasteiger partial charge on any atom is 0.307 e. The summed E-state index contributed by atoms with van der Waals surface area (Å²) in [6.07, 6.45) is 6.17. The van der Waals surface area contributed by atoms with Gasteiger partial charge in [-0.15, -0.1) is 0 Å². The van der Waals surface area contributed by atoms with Gasteiger partial charge in [-0.2, -0.15) is 0 Å². The summed E-state index contributed by atoms with van der Waals surface area (Å²) in [5.41, 5.74) is 0.456. The van der Waals surface area contributed by atoms with Crippen LogP contribution in [0.2, 0.25) is 0 Å². The van der Waals surface area contributed by atoms with E-state index < -0.39 is 0 Å². The summed E-state index contributed by atoms with van der Waals surface area (Å²) in [7, 11) is 0. The Morgan fingerprint density at radius 2 is 1.92 bits per heavy atom. The molecule has 2 aliphatic heterocycles. The van der Waals surface area contributed by atoms with Crippen molar-refractivity contribution in [3.8, 4) is 0 Å². The van der Waals surface area contributed by atoms with Crippen LogP contribution in [0.5, 0.6) is 0 Å². The molecule has 1 amide bonds. The Hall–Kier alpha value is -2.22. The molecule has 2 saturated heterocycles. The molecule has 0 bridgehead atoms. The third kappa shape index (κ3) is 4.49. The van der Waals surface area contributed by atoms with Gasteiger partial charge in [0.2, 0.25) is 5.95 Å². The van der Waals surface area contributed by atoms with Crippen molar-refractivity contribution in [2.24, 2.45) is 0 Å². The molecule has 142 valence electrons. The molecule has 0 radical (unpaired) electrons. The SMILES string of the molecule is CCOC(=O)CC1CCCCN1C(=O)c1cnc(N2CCOCC2)nc1. The van der Waals surface area contributed by atoms with Gasteiger partial charge in [-0.25, -0.2) is 9.97 Å². The number of rotatable bonds is 5. The maximum atomic E-state index is 12.9. The molecule has 2 aliphatic rings. The van der Waals surface area contributed by atoms with Crippen molar-refractivity contribution in [1.82, 2.24) is 14.9 Å². The lowest BCUT2D eigenvalue weighted by Crippen LogP contribution is -2.45. The Labute approximate surface area is 153 Å². The summed E-state index contributed by atoms with van der Waals surface area (Å²) in [5.74, 6) is 0.246. The van der Waals surface area contributed by atoms with Crippen LogP contribution in [0.15, 0.2) is 12.4 Å². The molecule has 8 nitrogen and oxygen atoms in total. The van der Waals surface area contributed by atoms with Gasteiger partial charge in [0, 0.05) is 38.1 Å². The standard InChI is InChI=1S/C18H26N4O4/c1-2-26-16(23)11-15-5-3-4-6-22(15)17(24)14-12-19-18(20-13-14)21-7-9-25-10-8-21/h12-13,15H,2-11H2,1H3. The first-order valence-corrected chi connectivity index (χ1v) is 9.30. The summed E-state index contributed by atoms with van der Waals surface area (Å²) in [6.45, 7) is 5.61. The third-order valence-corrected chi connectivity index (χ3v) is 4.77. The second-order valence-electron chi connectivity index (χ2n) is 6.53. The van der Waals surface area contributed by atoms with Crippen LogP contribution in [0, 0.1) is 0 Å². The quantitative estimate of drug-likeness (QED) is 0.729. The zero-order valence-electron chi connectivity index (χ0n) is 15.2. The van der Waals surface area contributed by atoms with Gasteiger partial charge in [0.15, 0.2) is 0 Å². The molecule has 0 aliphatic carbocycles. The summed E-state index contributed by atoms with van der Waals surface area (Å²) in [4.78, 5) is 37.3. The molecule has 1 aromatic rings. The predicted molar refractivity (Wildman–Crippen MR) is 95.0 cm³/mol. The van der Waals surface area contributed by atoms with Crippen LogP contribution >= 0.6 is 0 Å². The van der Waals surface area contributed by atoms with Gasteiger partial charge in [-0.3, -0.25) is 9.59 Å². The first-order chi connectivity index (χ1) is 12.7. The first-order valence-electron chi connectivity index (χ1n) is 9.30. The largest absolute Gasteiger partial charge is 0.466 e. The monoisotopic (exact) mass is 362 g/mol. The lowest BCUT2D eigenvalue weighted by atomic mass is 9.98. The molecule has 1 unspecified atom stereocenters. The van der Waals surface area contributed by atoms with Gasteiger partial charge >= 0.3 is 5.97 Å². The molecule has 0 N–H and O–H groups in total. The van der Waals surface area contributed by atoms with Crippen molar-refractivity contribution in [1.29, 1.82) is 0 Å². The summed E-state index contributed by atoms with van der Waals surface area (Å²) in [5, 5.41) is 0. The Kier molecular flexibility index (Phi) is 6.38. The second kappa shape index (κ2) is 8.93. The Morgan fingerprint density at radius 1 is 1.19 bits per heavy atom. The number of carbonyl (C=O) groups is 2. The van der Waals surface area contributed by atoms with Crippen LogP contribution < -0.4 is 4.90 Å². The van der Waals surface area contributed by atoms with Crippen LogP contribution in [-0.4, -0.2) is 72.2 Å². The number of carbonyl (C=O) groups excluding carboxylic acids is 2. The highest BCUT2D eigenvalue weighted by Crippen LogP contribution is 2.22. The molecule has 0 spiro atoms. The van der Waals surface area contributed by atoms with Gasteiger partial charge in [0.1, 0.15) is 0 Å². The van der Waals surface area contributed by atoms with E-state index >= 15 is 0 Å². The molecule has 26 heavy (non-hydrogen) atoms. The minimum absolute atomic E-state index is 0.116. The van der Waals surface area contributed by atoms with E-state index in [4.69, 9.17) is 9.47 Å². The number of likely N-dealkylation sites (tertiary alicyclic amines) is 1. The summed E-state index contributed by atoms with van der Waals surface area (Å²) < 4.78 is 10.4. The average molecular weight is 362 g/mol. The van der Waals surface area contributed by atoms with Crippen molar-refractivity contribution in [3.63, 3.8) is 0 Å². The van der Waals surface area contributed by atoms with Crippen LogP contribution in [0.1, 0.15) is 43.0 Å². The molecular weight excluding hydrogens is 336 g/mol. The van der Waals surface area contributed by atoms with Gasteiger partial charge in [-0.1, -0.05) is 0 Å². The fourth-order valence-corrected chi connectivity index (χ4v) is 3.42. The minimum atomic E-state index is -0.254. The van der Waals surface area contributed by atoms with E-state index in [9.17, 15) is 9.59 Å². The highest BCUT2D eigenvalue weighted by atomic mass is 16.5. The van der Waals surface area contributed by atoms with E-state index in [-0.39, 0.29) is 24.3 Å². The number of amides is 1. The molecule has 0 aromatic carbocycles. The van der Waals surface area contributed by atoms with Gasteiger partial charge < -0.3 is 19.3 Å². The summed E-state index contributed by atoms with van der Waals surface area (Å²) >= 11 is 0. The number of anilines is 1. The highest BCUT2D eigenvalue weighted by Gasteiger charge is 2.30. The molecular formula is C18H26N4O4. The molecule has 3 heterocycles. The fraction of sp³-hybridized carbons (Fsp3) is 0.667. The summed E-state index contributed by atoms with van der Waals surface area (Å²) in [6, 6.07) is -0.116. The van der Waals surface area contributed by atoms with E-state index in [1.54, 1.807) is 24.2 Å². The Morgan fingerprint density at radius 3 is 2.62 bits per heavy atom. The average Bonchev–Trinajstić information content (AvgIpc) is 2.69. The molecule has 3 rings (SSSR count).